The number of anilines is 1. The van der Waals surface area contributed by atoms with E-state index in [9.17, 15) is 4.79 Å². The van der Waals surface area contributed by atoms with Crippen LogP contribution in [0.4, 0.5) is 5.69 Å². The topological polar surface area (TPSA) is 87.6 Å². The SMILES string of the molecule is COc1ccc(OC)c(NC(=O)[C@H]2CC(c3ccc(OC)cc3OC)=NO2)c1. The molecule has 1 aliphatic rings. The highest BCUT2D eigenvalue weighted by atomic mass is 16.6. The molecule has 0 radical (unpaired) electrons. The van der Waals surface area contributed by atoms with Crippen LogP contribution in [-0.4, -0.2) is 46.2 Å². The summed E-state index contributed by atoms with van der Waals surface area (Å²) in [7, 11) is 6.22. The van der Waals surface area contributed by atoms with Crippen molar-refractivity contribution >= 4 is 17.3 Å². The van der Waals surface area contributed by atoms with Gasteiger partial charge in [0.1, 0.15) is 23.0 Å². The summed E-state index contributed by atoms with van der Waals surface area (Å²) in [5.74, 6) is 2.04. The lowest BCUT2D eigenvalue weighted by molar-refractivity contribution is -0.125. The summed E-state index contributed by atoms with van der Waals surface area (Å²) in [6, 6.07) is 10.5. The molecule has 2 aromatic carbocycles. The first-order chi connectivity index (χ1) is 13.6. The van der Waals surface area contributed by atoms with Gasteiger partial charge in [0, 0.05) is 24.1 Å². The van der Waals surface area contributed by atoms with Crippen molar-refractivity contribution in [1.82, 2.24) is 0 Å². The van der Waals surface area contributed by atoms with Gasteiger partial charge in [0.15, 0.2) is 0 Å². The number of rotatable bonds is 7. The molecule has 8 heteroatoms. The molecule has 0 fully saturated rings. The quantitative estimate of drug-likeness (QED) is 0.787. The number of nitrogens with zero attached hydrogens (tertiary/aromatic N) is 1. The average Bonchev–Trinajstić information content (AvgIpc) is 3.23. The zero-order valence-electron chi connectivity index (χ0n) is 16.1. The summed E-state index contributed by atoms with van der Waals surface area (Å²) in [4.78, 5) is 18.0. The van der Waals surface area contributed by atoms with Gasteiger partial charge in [0.2, 0.25) is 6.10 Å². The molecule has 148 valence electrons. The molecule has 1 amide bonds. The average molecular weight is 386 g/mol. The van der Waals surface area contributed by atoms with Crippen LogP contribution in [-0.2, 0) is 9.63 Å². The molecule has 8 nitrogen and oxygen atoms in total. The summed E-state index contributed by atoms with van der Waals surface area (Å²) in [6.45, 7) is 0. The number of nitrogens with one attached hydrogen (secondary N) is 1. The summed E-state index contributed by atoms with van der Waals surface area (Å²) >= 11 is 0. The maximum absolute atomic E-state index is 12.7. The van der Waals surface area contributed by atoms with Gasteiger partial charge in [0.05, 0.1) is 39.8 Å². The molecule has 1 heterocycles. The first-order valence-corrected chi connectivity index (χ1v) is 8.57. The van der Waals surface area contributed by atoms with Crippen LogP contribution < -0.4 is 24.3 Å². The van der Waals surface area contributed by atoms with Crippen LogP contribution in [0.3, 0.4) is 0 Å². The third-order valence-electron chi connectivity index (χ3n) is 4.35. The lowest BCUT2D eigenvalue weighted by Gasteiger charge is -2.14. The van der Waals surface area contributed by atoms with E-state index >= 15 is 0 Å². The Labute approximate surface area is 163 Å². The highest BCUT2D eigenvalue weighted by Crippen LogP contribution is 2.31. The number of benzene rings is 2. The predicted molar refractivity (Wildman–Crippen MR) is 104 cm³/mol. The third-order valence-corrected chi connectivity index (χ3v) is 4.35. The number of hydrogen-bond acceptors (Lipinski definition) is 7. The molecular weight excluding hydrogens is 364 g/mol. The summed E-state index contributed by atoms with van der Waals surface area (Å²) in [6.07, 6.45) is -0.460. The van der Waals surface area contributed by atoms with Crippen molar-refractivity contribution in [3.8, 4) is 23.0 Å². The van der Waals surface area contributed by atoms with E-state index in [0.29, 0.717) is 40.8 Å². The number of methoxy groups -OCH3 is 4. The second-order valence-electron chi connectivity index (χ2n) is 5.96. The smallest absolute Gasteiger partial charge is 0.268 e. The standard InChI is InChI=1S/C20H22N2O6/c1-24-12-6-8-17(26-3)16(9-12)21-20(23)19-11-15(22-28-19)14-7-5-13(25-2)10-18(14)27-4/h5-10,19H,11H2,1-4H3,(H,21,23)/t19-/m1/s1. The molecule has 2 aromatic rings. The van der Waals surface area contributed by atoms with Gasteiger partial charge in [-0.3, -0.25) is 4.79 Å². The van der Waals surface area contributed by atoms with Crippen molar-refractivity contribution in [2.24, 2.45) is 5.16 Å². The Kier molecular flexibility index (Phi) is 5.88. The molecule has 0 unspecified atom stereocenters. The molecule has 0 aromatic heterocycles. The molecule has 0 spiro atoms. The Morgan fingerprint density at radius 3 is 2.32 bits per heavy atom. The van der Waals surface area contributed by atoms with E-state index in [-0.39, 0.29) is 5.91 Å². The van der Waals surface area contributed by atoms with Gasteiger partial charge in [0.25, 0.3) is 5.91 Å². The normalized spacial score (nSPS) is 15.3. The molecule has 28 heavy (non-hydrogen) atoms. The monoisotopic (exact) mass is 386 g/mol. The lowest BCUT2D eigenvalue weighted by Crippen LogP contribution is -2.28. The zero-order chi connectivity index (χ0) is 20.1. The fourth-order valence-electron chi connectivity index (χ4n) is 2.84. The minimum Gasteiger partial charge on any atom is -0.497 e. The Balaban J connectivity index is 1.72. The molecule has 0 bridgehead atoms. The maximum atomic E-state index is 12.7. The van der Waals surface area contributed by atoms with Crippen molar-refractivity contribution in [3.05, 3.63) is 42.0 Å². The number of amides is 1. The molecule has 3 rings (SSSR count). The molecule has 1 atom stereocenters. The first kappa shape index (κ1) is 19.3. The highest BCUT2D eigenvalue weighted by Gasteiger charge is 2.31. The predicted octanol–water partition coefficient (Wildman–Crippen LogP) is 2.85. The Morgan fingerprint density at radius 1 is 0.964 bits per heavy atom. The van der Waals surface area contributed by atoms with Gasteiger partial charge in [-0.15, -0.1) is 0 Å². The van der Waals surface area contributed by atoms with Gasteiger partial charge >= 0.3 is 0 Å². The second-order valence-corrected chi connectivity index (χ2v) is 5.96. The Morgan fingerprint density at radius 2 is 1.64 bits per heavy atom. The van der Waals surface area contributed by atoms with Crippen molar-refractivity contribution in [3.63, 3.8) is 0 Å². The van der Waals surface area contributed by atoms with Crippen LogP contribution in [0.2, 0.25) is 0 Å². The molecular formula is C20H22N2O6. The second kappa shape index (κ2) is 8.51. The van der Waals surface area contributed by atoms with Crippen LogP contribution in [0.25, 0.3) is 0 Å². The van der Waals surface area contributed by atoms with Crippen molar-refractivity contribution < 1.29 is 28.6 Å². The van der Waals surface area contributed by atoms with E-state index in [1.54, 1.807) is 51.7 Å². The van der Waals surface area contributed by atoms with E-state index in [2.05, 4.69) is 10.5 Å². The fraction of sp³-hybridized carbons (Fsp3) is 0.300. The zero-order valence-corrected chi connectivity index (χ0v) is 16.1. The van der Waals surface area contributed by atoms with Crippen LogP contribution in [0.5, 0.6) is 23.0 Å². The number of carbonyl (C=O) groups is 1. The van der Waals surface area contributed by atoms with E-state index in [1.165, 1.54) is 7.11 Å². The minimum absolute atomic E-state index is 0.306. The van der Waals surface area contributed by atoms with Gasteiger partial charge in [-0.05, 0) is 24.3 Å². The molecule has 0 aliphatic carbocycles. The van der Waals surface area contributed by atoms with Crippen LogP contribution in [0.1, 0.15) is 12.0 Å². The van der Waals surface area contributed by atoms with Gasteiger partial charge in [-0.2, -0.15) is 0 Å². The maximum Gasteiger partial charge on any atom is 0.268 e. The van der Waals surface area contributed by atoms with E-state index < -0.39 is 6.10 Å². The molecule has 0 saturated carbocycles. The van der Waals surface area contributed by atoms with Crippen LogP contribution in [0.15, 0.2) is 41.6 Å². The summed E-state index contributed by atoms with van der Waals surface area (Å²) in [5.41, 5.74) is 1.86. The van der Waals surface area contributed by atoms with Crippen molar-refractivity contribution in [2.75, 3.05) is 33.8 Å². The van der Waals surface area contributed by atoms with E-state index in [4.69, 9.17) is 23.8 Å². The highest BCUT2D eigenvalue weighted by molar-refractivity contribution is 6.07. The van der Waals surface area contributed by atoms with Gasteiger partial charge in [-0.1, -0.05) is 5.16 Å². The third kappa shape index (κ3) is 3.95. The van der Waals surface area contributed by atoms with E-state index in [1.807, 2.05) is 6.07 Å². The van der Waals surface area contributed by atoms with Crippen molar-refractivity contribution in [1.29, 1.82) is 0 Å². The minimum atomic E-state index is -0.766. The number of carbonyl (C=O) groups excluding carboxylic acids is 1. The largest absolute Gasteiger partial charge is 0.497 e. The number of ether oxygens (including phenoxy) is 4. The van der Waals surface area contributed by atoms with Crippen LogP contribution in [0, 0.1) is 0 Å². The Bertz CT molecular complexity index is 896. The van der Waals surface area contributed by atoms with Gasteiger partial charge < -0.3 is 29.1 Å². The molecule has 1 aliphatic heterocycles. The van der Waals surface area contributed by atoms with Crippen LogP contribution >= 0.6 is 0 Å². The summed E-state index contributed by atoms with van der Waals surface area (Å²) < 4.78 is 21.1. The number of oxime groups is 1. The molecule has 0 saturated heterocycles. The number of hydrogen-bond donors (Lipinski definition) is 1. The summed E-state index contributed by atoms with van der Waals surface area (Å²) in [5, 5.41) is 6.87. The van der Waals surface area contributed by atoms with Crippen molar-refractivity contribution in [2.45, 2.75) is 12.5 Å². The molecule has 1 N–H and O–H groups in total. The fourth-order valence-corrected chi connectivity index (χ4v) is 2.84. The van der Waals surface area contributed by atoms with E-state index in [0.717, 1.165) is 5.56 Å². The Hall–Kier alpha value is -3.42. The van der Waals surface area contributed by atoms with Gasteiger partial charge in [-0.25, -0.2) is 0 Å². The lowest BCUT2D eigenvalue weighted by atomic mass is 10.0. The first-order valence-electron chi connectivity index (χ1n) is 8.57.